The first-order chi connectivity index (χ1) is 15.0. The third-order valence-corrected chi connectivity index (χ3v) is 5.96. The van der Waals surface area contributed by atoms with Gasteiger partial charge in [0.25, 0.3) is 5.91 Å². The minimum atomic E-state index is -0.105. The van der Waals surface area contributed by atoms with Crippen molar-refractivity contribution in [2.75, 3.05) is 19.0 Å². The highest BCUT2D eigenvalue weighted by molar-refractivity contribution is 8.26. The van der Waals surface area contributed by atoms with Gasteiger partial charge in [-0.05, 0) is 54.8 Å². The predicted molar refractivity (Wildman–Crippen MR) is 131 cm³/mol. The second-order valence-corrected chi connectivity index (χ2v) is 8.69. The van der Waals surface area contributed by atoms with E-state index in [0.29, 0.717) is 34.3 Å². The maximum atomic E-state index is 12.7. The van der Waals surface area contributed by atoms with E-state index in [0.717, 1.165) is 16.9 Å². The molecule has 160 valence electrons. The molecule has 1 N–H and O–H groups in total. The smallest absolute Gasteiger partial charge is 0.266 e. The van der Waals surface area contributed by atoms with E-state index in [1.807, 2.05) is 49.4 Å². The van der Waals surface area contributed by atoms with Crippen molar-refractivity contribution in [3.63, 3.8) is 0 Å². The van der Waals surface area contributed by atoms with Crippen LogP contribution >= 0.6 is 24.0 Å². The van der Waals surface area contributed by atoms with Crippen molar-refractivity contribution in [2.45, 2.75) is 19.8 Å². The Bertz CT molecular complexity index is 1010. The van der Waals surface area contributed by atoms with E-state index in [4.69, 9.17) is 17.0 Å². The van der Waals surface area contributed by atoms with E-state index >= 15 is 0 Å². The number of benzene rings is 2. The molecular weight excluding hydrogens is 428 g/mol. The van der Waals surface area contributed by atoms with Crippen LogP contribution in [-0.2, 0) is 9.59 Å². The van der Waals surface area contributed by atoms with Gasteiger partial charge in [0.2, 0.25) is 5.91 Å². The Morgan fingerprint density at radius 2 is 1.87 bits per heavy atom. The number of anilines is 1. The number of hydrogen-bond acceptors (Lipinski definition) is 5. The van der Waals surface area contributed by atoms with Gasteiger partial charge in [-0.1, -0.05) is 60.4 Å². The summed E-state index contributed by atoms with van der Waals surface area (Å²) in [4.78, 5) is 27.1. The number of nitrogens with zero attached hydrogens (tertiary/aromatic N) is 1. The third kappa shape index (κ3) is 6.54. The quantitative estimate of drug-likeness (QED) is 0.437. The molecule has 0 aliphatic carbocycles. The molecule has 5 nitrogen and oxygen atoms in total. The number of thiocarbonyl (C=S) groups is 1. The fraction of sp³-hybridized carbons (Fsp3) is 0.208. The fourth-order valence-corrected chi connectivity index (χ4v) is 4.41. The Hall–Kier alpha value is -2.90. The van der Waals surface area contributed by atoms with Gasteiger partial charge in [0.15, 0.2) is 0 Å². The molecule has 2 amide bonds. The molecule has 3 rings (SSSR count). The Balaban J connectivity index is 1.51. The molecule has 0 radical (unpaired) electrons. The van der Waals surface area contributed by atoms with E-state index in [-0.39, 0.29) is 11.8 Å². The zero-order valence-electron chi connectivity index (χ0n) is 17.5. The molecule has 0 bridgehead atoms. The highest BCUT2D eigenvalue weighted by Gasteiger charge is 2.31. The van der Waals surface area contributed by atoms with Crippen LogP contribution in [0.5, 0.6) is 5.75 Å². The summed E-state index contributed by atoms with van der Waals surface area (Å²) in [6.07, 6.45) is 4.72. The lowest BCUT2D eigenvalue weighted by molar-refractivity contribution is -0.122. The van der Waals surface area contributed by atoms with Crippen molar-refractivity contribution in [2.24, 2.45) is 0 Å². The molecule has 2 aromatic carbocycles. The molecule has 0 aromatic heterocycles. The number of thioether (sulfide) groups is 1. The molecule has 0 spiro atoms. The first kappa shape index (κ1) is 22.8. The van der Waals surface area contributed by atoms with Crippen LogP contribution in [0.4, 0.5) is 5.69 Å². The van der Waals surface area contributed by atoms with Gasteiger partial charge < -0.3 is 10.1 Å². The zero-order chi connectivity index (χ0) is 22.2. The van der Waals surface area contributed by atoms with Gasteiger partial charge in [0.1, 0.15) is 10.1 Å². The molecule has 0 unspecified atom stereocenters. The van der Waals surface area contributed by atoms with Crippen LogP contribution in [0.15, 0.2) is 71.2 Å². The second kappa shape index (κ2) is 10.9. The maximum Gasteiger partial charge on any atom is 0.266 e. The number of ether oxygens (including phenoxy) is 1. The van der Waals surface area contributed by atoms with Crippen molar-refractivity contribution in [3.8, 4) is 5.75 Å². The first-order valence-electron chi connectivity index (χ1n) is 9.89. The lowest BCUT2D eigenvalue weighted by Crippen LogP contribution is -2.29. The normalized spacial score (nSPS) is 15.5. The Morgan fingerprint density at radius 1 is 1.16 bits per heavy atom. The molecule has 31 heavy (non-hydrogen) atoms. The largest absolute Gasteiger partial charge is 0.497 e. The van der Waals surface area contributed by atoms with Crippen molar-refractivity contribution >= 4 is 51.9 Å². The van der Waals surface area contributed by atoms with Crippen LogP contribution in [0.2, 0.25) is 0 Å². The van der Waals surface area contributed by atoms with E-state index in [2.05, 4.69) is 5.32 Å². The average Bonchev–Trinajstić information content (AvgIpc) is 3.02. The monoisotopic (exact) mass is 452 g/mol. The van der Waals surface area contributed by atoms with E-state index < -0.39 is 0 Å². The SMILES string of the molecule is COc1ccc(NC(=O)CCCN2C(=O)/C(=C/C(C)=C/c3ccccc3)SC2=S)cc1. The van der Waals surface area contributed by atoms with E-state index in [1.165, 1.54) is 11.8 Å². The van der Waals surface area contributed by atoms with Crippen LogP contribution in [0.25, 0.3) is 6.08 Å². The fourth-order valence-electron chi connectivity index (χ4n) is 3.05. The molecule has 1 heterocycles. The van der Waals surface area contributed by atoms with Crippen molar-refractivity contribution in [1.29, 1.82) is 0 Å². The number of rotatable bonds is 8. The first-order valence-corrected chi connectivity index (χ1v) is 11.1. The Kier molecular flexibility index (Phi) is 8.03. The molecular formula is C24H24N2O3S2. The third-order valence-electron chi connectivity index (χ3n) is 4.59. The van der Waals surface area contributed by atoms with Crippen molar-refractivity contribution in [1.82, 2.24) is 4.90 Å². The maximum absolute atomic E-state index is 12.7. The molecule has 7 heteroatoms. The zero-order valence-corrected chi connectivity index (χ0v) is 19.1. The Labute approximate surface area is 192 Å². The lowest BCUT2D eigenvalue weighted by atomic mass is 10.1. The summed E-state index contributed by atoms with van der Waals surface area (Å²) in [5.41, 5.74) is 2.76. The van der Waals surface area contributed by atoms with Gasteiger partial charge in [-0.15, -0.1) is 0 Å². The van der Waals surface area contributed by atoms with Crippen LogP contribution in [-0.4, -0.2) is 34.7 Å². The number of methoxy groups -OCH3 is 1. The number of amides is 2. The summed E-state index contributed by atoms with van der Waals surface area (Å²) in [5, 5.41) is 2.84. The second-order valence-electron chi connectivity index (χ2n) is 7.01. The Morgan fingerprint density at radius 3 is 2.55 bits per heavy atom. The number of carbonyl (C=O) groups is 2. The van der Waals surface area contributed by atoms with Crippen molar-refractivity contribution in [3.05, 3.63) is 76.7 Å². The van der Waals surface area contributed by atoms with Gasteiger partial charge in [-0.2, -0.15) is 0 Å². The van der Waals surface area contributed by atoms with E-state index in [1.54, 1.807) is 36.3 Å². The summed E-state index contributed by atoms with van der Waals surface area (Å²) in [6.45, 7) is 2.38. The van der Waals surface area contributed by atoms with Crippen LogP contribution in [0.3, 0.4) is 0 Å². The van der Waals surface area contributed by atoms with Crippen LogP contribution in [0.1, 0.15) is 25.3 Å². The van der Waals surface area contributed by atoms with Crippen molar-refractivity contribution < 1.29 is 14.3 Å². The van der Waals surface area contributed by atoms with Gasteiger partial charge in [0.05, 0.1) is 12.0 Å². The lowest BCUT2D eigenvalue weighted by Gasteiger charge is -2.14. The molecule has 1 aliphatic rings. The number of allylic oxidation sites excluding steroid dienone is 2. The number of hydrogen-bond donors (Lipinski definition) is 1. The summed E-state index contributed by atoms with van der Waals surface area (Å²) >= 11 is 6.68. The van der Waals surface area contributed by atoms with Gasteiger partial charge >= 0.3 is 0 Å². The van der Waals surface area contributed by atoms with Gasteiger partial charge in [0, 0.05) is 18.7 Å². The molecule has 2 aromatic rings. The highest BCUT2D eigenvalue weighted by atomic mass is 32.2. The van der Waals surface area contributed by atoms with E-state index in [9.17, 15) is 9.59 Å². The minimum Gasteiger partial charge on any atom is -0.497 e. The van der Waals surface area contributed by atoms with Crippen LogP contribution < -0.4 is 10.1 Å². The summed E-state index contributed by atoms with van der Waals surface area (Å²) in [6, 6.07) is 17.1. The predicted octanol–water partition coefficient (Wildman–Crippen LogP) is 5.26. The number of carbonyl (C=O) groups excluding carboxylic acids is 2. The summed E-state index contributed by atoms with van der Waals surface area (Å²) in [5.74, 6) is 0.522. The average molecular weight is 453 g/mol. The highest BCUT2D eigenvalue weighted by Crippen LogP contribution is 2.32. The summed E-state index contributed by atoms with van der Waals surface area (Å²) in [7, 11) is 1.59. The molecule has 0 atom stereocenters. The topological polar surface area (TPSA) is 58.6 Å². The summed E-state index contributed by atoms with van der Waals surface area (Å²) < 4.78 is 5.63. The van der Waals surface area contributed by atoms with Gasteiger partial charge in [-0.25, -0.2) is 0 Å². The van der Waals surface area contributed by atoms with Crippen LogP contribution in [0, 0.1) is 0 Å². The molecule has 1 fully saturated rings. The standard InChI is InChI=1S/C24H24N2O3S2/c1-17(15-18-7-4-3-5-8-18)16-21-23(28)26(24(30)31-21)14-6-9-22(27)25-19-10-12-20(29-2)13-11-19/h3-5,7-8,10-13,15-16H,6,9,14H2,1-2H3,(H,25,27)/b17-15+,21-16-. The minimum absolute atomic E-state index is 0.104. The number of nitrogens with one attached hydrogen (secondary N) is 1. The molecule has 0 saturated carbocycles. The molecule has 1 saturated heterocycles. The van der Waals surface area contributed by atoms with Gasteiger partial charge in [-0.3, -0.25) is 14.5 Å². The molecule has 1 aliphatic heterocycles.